The largest absolute Gasteiger partial charge is 0.481 e. The van der Waals surface area contributed by atoms with Crippen molar-refractivity contribution in [1.29, 1.82) is 0 Å². The number of nitrogens with one attached hydrogen (secondary N) is 1. The van der Waals surface area contributed by atoms with Gasteiger partial charge in [0.05, 0.1) is 12.1 Å². The van der Waals surface area contributed by atoms with Crippen molar-refractivity contribution < 1.29 is 14.4 Å². The highest BCUT2D eigenvalue weighted by atomic mass is 16.5. The summed E-state index contributed by atoms with van der Waals surface area (Å²) < 4.78 is 4.96. The fourth-order valence-electron chi connectivity index (χ4n) is 1.34. The van der Waals surface area contributed by atoms with E-state index in [4.69, 9.17) is 9.63 Å². The molecule has 0 saturated heterocycles. The van der Waals surface area contributed by atoms with Crippen LogP contribution in [0.1, 0.15) is 12.1 Å². The number of fused-ring (bicyclic) bond motifs is 1. The van der Waals surface area contributed by atoms with Gasteiger partial charge in [-0.2, -0.15) is 4.98 Å². The van der Waals surface area contributed by atoms with Gasteiger partial charge >= 0.3 is 5.97 Å². The lowest BCUT2D eigenvalue weighted by Gasteiger charge is -2.03. The number of carboxylic acid groups (broad SMARTS) is 1. The third kappa shape index (κ3) is 1.92. The lowest BCUT2D eigenvalue weighted by Crippen LogP contribution is -2.09. The second kappa shape index (κ2) is 4.13. The van der Waals surface area contributed by atoms with Crippen LogP contribution in [0.25, 0.3) is 11.1 Å². The number of aliphatic carboxylic acids is 1. The predicted molar refractivity (Wildman–Crippen MR) is 55.1 cm³/mol. The molecule has 2 rings (SSSR count). The zero-order valence-electron chi connectivity index (χ0n) is 8.60. The maximum Gasteiger partial charge on any atom is 0.305 e. The van der Waals surface area contributed by atoms with Crippen molar-refractivity contribution in [2.24, 2.45) is 0 Å². The molecule has 2 aromatic rings. The van der Waals surface area contributed by atoms with Crippen LogP contribution in [-0.2, 0) is 4.79 Å². The molecule has 2 aromatic heterocycles. The molecule has 0 fully saturated rings. The number of anilines is 1. The smallest absolute Gasteiger partial charge is 0.305 e. The lowest BCUT2D eigenvalue weighted by molar-refractivity contribution is -0.136. The molecule has 7 heteroatoms. The number of carboxylic acids is 1. The molecule has 2 N–H and O–H groups in total. The Morgan fingerprint density at radius 3 is 3.12 bits per heavy atom. The van der Waals surface area contributed by atoms with Crippen molar-refractivity contribution in [3.05, 3.63) is 12.0 Å². The zero-order valence-corrected chi connectivity index (χ0v) is 8.60. The molecular weight excluding hydrogens is 212 g/mol. The summed E-state index contributed by atoms with van der Waals surface area (Å²) in [4.78, 5) is 18.3. The molecule has 7 nitrogen and oxygen atoms in total. The van der Waals surface area contributed by atoms with E-state index in [1.165, 1.54) is 6.33 Å². The summed E-state index contributed by atoms with van der Waals surface area (Å²) in [5, 5.41) is 15.9. The second-order valence-corrected chi connectivity index (χ2v) is 3.24. The third-order valence-corrected chi connectivity index (χ3v) is 2.07. The van der Waals surface area contributed by atoms with Gasteiger partial charge in [0.1, 0.15) is 17.5 Å². The highest BCUT2D eigenvalue weighted by Gasteiger charge is 2.11. The molecule has 0 aliphatic carbocycles. The Balaban J connectivity index is 2.23. The summed E-state index contributed by atoms with van der Waals surface area (Å²) in [6.45, 7) is 2.07. The van der Waals surface area contributed by atoms with E-state index in [2.05, 4.69) is 20.4 Å². The number of aryl methyl sites for hydroxylation is 1. The Morgan fingerprint density at radius 1 is 1.56 bits per heavy atom. The van der Waals surface area contributed by atoms with Gasteiger partial charge in [0.25, 0.3) is 5.71 Å². The van der Waals surface area contributed by atoms with E-state index in [1.54, 1.807) is 6.92 Å². The van der Waals surface area contributed by atoms with E-state index in [0.717, 1.165) is 0 Å². The van der Waals surface area contributed by atoms with E-state index in [1.807, 2.05) is 0 Å². The first-order valence-corrected chi connectivity index (χ1v) is 4.71. The third-order valence-electron chi connectivity index (χ3n) is 2.07. The van der Waals surface area contributed by atoms with Crippen LogP contribution in [0.2, 0.25) is 0 Å². The van der Waals surface area contributed by atoms with Gasteiger partial charge in [-0.25, -0.2) is 4.98 Å². The minimum absolute atomic E-state index is 0.0236. The monoisotopic (exact) mass is 222 g/mol. The molecule has 16 heavy (non-hydrogen) atoms. The molecule has 0 aromatic carbocycles. The molecular formula is C9H10N4O3. The highest BCUT2D eigenvalue weighted by molar-refractivity contribution is 5.87. The minimum atomic E-state index is -0.861. The summed E-state index contributed by atoms with van der Waals surface area (Å²) in [6, 6.07) is 0. The molecule has 0 amide bonds. The van der Waals surface area contributed by atoms with Crippen LogP contribution < -0.4 is 5.32 Å². The number of nitrogens with zero attached hydrogens (tertiary/aromatic N) is 3. The number of hydrogen-bond acceptors (Lipinski definition) is 6. The van der Waals surface area contributed by atoms with Crippen molar-refractivity contribution in [3.63, 3.8) is 0 Å². The van der Waals surface area contributed by atoms with Crippen molar-refractivity contribution in [1.82, 2.24) is 15.1 Å². The SMILES string of the molecule is Cc1noc2ncnc(NCCC(=O)O)c12. The maximum absolute atomic E-state index is 10.4. The molecule has 0 spiro atoms. The number of aromatic nitrogens is 3. The van der Waals surface area contributed by atoms with Gasteiger partial charge in [0, 0.05) is 6.54 Å². The molecule has 2 heterocycles. The first kappa shape index (κ1) is 10.3. The molecule has 0 aliphatic heterocycles. The van der Waals surface area contributed by atoms with E-state index in [-0.39, 0.29) is 6.42 Å². The van der Waals surface area contributed by atoms with Crippen LogP contribution in [0.4, 0.5) is 5.82 Å². The molecule has 0 unspecified atom stereocenters. The molecule has 0 bridgehead atoms. The molecule has 0 atom stereocenters. The zero-order chi connectivity index (χ0) is 11.5. The van der Waals surface area contributed by atoms with Gasteiger partial charge in [-0.15, -0.1) is 0 Å². The van der Waals surface area contributed by atoms with Crippen molar-refractivity contribution in [2.45, 2.75) is 13.3 Å². The van der Waals surface area contributed by atoms with E-state index >= 15 is 0 Å². The molecule has 0 saturated carbocycles. The summed E-state index contributed by atoms with van der Waals surface area (Å²) >= 11 is 0. The fourth-order valence-corrected chi connectivity index (χ4v) is 1.34. The second-order valence-electron chi connectivity index (χ2n) is 3.24. The average molecular weight is 222 g/mol. The summed E-state index contributed by atoms with van der Waals surface area (Å²) in [5.41, 5.74) is 1.07. The Labute approximate surface area is 90.5 Å². The Morgan fingerprint density at radius 2 is 2.38 bits per heavy atom. The van der Waals surface area contributed by atoms with Crippen LogP contribution in [0.3, 0.4) is 0 Å². The molecule has 0 aliphatic rings. The van der Waals surface area contributed by atoms with E-state index < -0.39 is 5.97 Å². The van der Waals surface area contributed by atoms with Gasteiger partial charge < -0.3 is 14.9 Å². The standard InChI is InChI=1S/C9H10N4O3/c1-5-7-8(10-3-2-6(14)15)11-4-12-9(7)16-13-5/h4H,2-3H2,1H3,(H,14,15)(H,10,11,12). The number of rotatable bonds is 4. The number of hydrogen-bond donors (Lipinski definition) is 2. The number of carbonyl (C=O) groups is 1. The van der Waals surface area contributed by atoms with Crippen LogP contribution in [0.5, 0.6) is 0 Å². The Kier molecular flexibility index (Phi) is 2.67. The Bertz CT molecular complexity index is 522. The molecule has 84 valence electrons. The van der Waals surface area contributed by atoms with Gasteiger partial charge in [0.15, 0.2) is 0 Å². The topological polar surface area (TPSA) is 101 Å². The fraction of sp³-hybridized carbons (Fsp3) is 0.333. The van der Waals surface area contributed by atoms with E-state index in [9.17, 15) is 4.79 Å². The lowest BCUT2D eigenvalue weighted by atomic mass is 10.3. The predicted octanol–water partition coefficient (Wildman–Crippen LogP) is 0.813. The van der Waals surface area contributed by atoms with Gasteiger partial charge in [-0.05, 0) is 6.92 Å². The highest BCUT2D eigenvalue weighted by Crippen LogP contribution is 2.21. The van der Waals surface area contributed by atoms with Crippen molar-refractivity contribution >= 4 is 22.9 Å². The minimum Gasteiger partial charge on any atom is -0.481 e. The van der Waals surface area contributed by atoms with Gasteiger partial charge in [0.2, 0.25) is 0 Å². The van der Waals surface area contributed by atoms with Crippen molar-refractivity contribution in [2.75, 3.05) is 11.9 Å². The summed E-state index contributed by atoms with van der Waals surface area (Å²) in [5.74, 6) is -0.315. The first-order valence-electron chi connectivity index (χ1n) is 4.71. The summed E-state index contributed by atoms with van der Waals surface area (Å²) in [6.07, 6.45) is 1.37. The van der Waals surface area contributed by atoms with E-state index in [0.29, 0.717) is 29.2 Å². The first-order chi connectivity index (χ1) is 7.68. The van der Waals surface area contributed by atoms with Crippen LogP contribution in [-0.4, -0.2) is 32.7 Å². The van der Waals surface area contributed by atoms with Gasteiger partial charge in [-0.1, -0.05) is 5.16 Å². The Hall–Kier alpha value is -2.18. The van der Waals surface area contributed by atoms with Crippen LogP contribution in [0, 0.1) is 6.92 Å². The summed E-state index contributed by atoms with van der Waals surface area (Å²) in [7, 11) is 0. The average Bonchev–Trinajstić information content (AvgIpc) is 2.61. The quantitative estimate of drug-likeness (QED) is 0.789. The normalized spacial score (nSPS) is 10.6. The van der Waals surface area contributed by atoms with Gasteiger partial charge in [-0.3, -0.25) is 4.79 Å². The van der Waals surface area contributed by atoms with Crippen LogP contribution >= 0.6 is 0 Å². The molecule has 0 radical (unpaired) electrons. The van der Waals surface area contributed by atoms with Crippen LogP contribution in [0.15, 0.2) is 10.9 Å². The van der Waals surface area contributed by atoms with Crippen molar-refractivity contribution in [3.8, 4) is 0 Å². The maximum atomic E-state index is 10.4.